The van der Waals surface area contributed by atoms with Crippen molar-refractivity contribution in [1.82, 2.24) is 5.32 Å². The first-order valence-electron chi connectivity index (χ1n) is 7.12. The molecule has 21 heavy (non-hydrogen) atoms. The molecule has 0 saturated carbocycles. The van der Waals surface area contributed by atoms with Gasteiger partial charge in [0.05, 0.1) is 0 Å². The van der Waals surface area contributed by atoms with Crippen LogP contribution in [0.15, 0.2) is 52.3 Å². The third-order valence-corrected chi connectivity index (χ3v) is 4.35. The van der Waals surface area contributed by atoms with Crippen molar-refractivity contribution in [3.05, 3.63) is 59.4 Å². The van der Waals surface area contributed by atoms with Gasteiger partial charge in [-0.2, -0.15) is 0 Å². The summed E-state index contributed by atoms with van der Waals surface area (Å²) in [4.78, 5) is 1.76. The predicted octanol–water partition coefficient (Wildman–Crippen LogP) is 5.17. The van der Waals surface area contributed by atoms with Crippen molar-refractivity contribution in [2.75, 3.05) is 0 Å². The fourth-order valence-electron chi connectivity index (χ4n) is 1.95. The molecule has 0 unspecified atom stereocenters. The van der Waals surface area contributed by atoms with Crippen molar-refractivity contribution in [2.45, 2.75) is 49.6 Å². The van der Waals surface area contributed by atoms with E-state index >= 15 is 0 Å². The van der Waals surface area contributed by atoms with E-state index in [0.29, 0.717) is 4.90 Å². The summed E-state index contributed by atoms with van der Waals surface area (Å²) in [6, 6.07) is 13.2. The van der Waals surface area contributed by atoms with Crippen molar-refractivity contribution in [3.8, 4) is 0 Å². The van der Waals surface area contributed by atoms with E-state index in [1.165, 1.54) is 29.0 Å². The molecule has 0 spiro atoms. The maximum absolute atomic E-state index is 13.7. The van der Waals surface area contributed by atoms with E-state index in [9.17, 15) is 4.39 Å². The molecular formula is C18H22FNS. The van der Waals surface area contributed by atoms with Gasteiger partial charge in [0, 0.05) is 21.9 Å². The average molecular weight is 303 g/mol. The Morgan fingerprint density at radius 1 is 1.05 bits per heavy atom. The molecule has 1 nitrogen and oxygen atoms in total. The number of nitrogens with one attached hydrogen (secondary N) is 1. The topological polar surface area (TPSA) is 12.0 Å². The highest BCUT2D eigenvalue weighted by atomic mass is 32.2. The van der Waals surface area contributed by atoms with Crippen LogP contribution in [0.2, 0.25) is 0 Å². The lowest BCUT2D eigenvalue weighted by Crippen LogP contribution is -2.35. The smallest absolute Gasteiger partial charge is 0.137 e. The summed E-state index contributed by atoms with van der Waals surface area (Å²) in [5.41, 5.74) is 2.53. The van der Waals surface area contributed by atoms with Crippen molar-refractivity contribution in [2.24, 2.45) is 0 Å². The van der Waals surface area contributed by atoms with Gasteiger partial charge in [-0.05, 0) is 57.0 Å². The van der Waals surface area contributed by atoms with E-state index in [4.69, 9.17) is 0 Å². The van der Waals surface area contributed by atoms with Gasteiger partial charge >= 0.3 is 0 Å². The summed E-state index contributed by atoms with van der Waals surface area (Å²) in [7, 11) is 0. The highest BCUT2D eigenvalue weighted by Gasteiger charge is 2.10. The first-order chi connectivity index (χ1) is 9.85. The van der Waals surface area contributed by atoms with Gasteiger partial charge in [0.15, 0.2) is 0 Å². The Balaban J connectivity index is 2.11. The van der Waals surface area contributed by atoms with Crippen molar-refractivity contribution < 1.29 is 4.39 Å². The lowest BCUT2D eigenvalue weighted by Gasteiger charge is -2.21. The van der Waals surface area contributed by atoms with Crippen LogP contribution in [0.3, 0.4) is 0 Å². The van der Waals surface area contributed by atoms with E-state index in [0.717, 1.165) is 11.4 Å². The van der Waals surface area contributed by atoms with Crippen LogP contribution in [-0.4, -0.2) is 5.54 Å². The summed E-state index contributed by atoms with van der Waals surface area (Å²) in [5.74, 6) is -0.166. The van der Waals surface area contributed by atoms with Crippen molar-refractivity contribution in [3.63, 3.8) is 0 Å². The number of rotatable bonds is 4. The average Bonchev–Trinajstić information content (AvgIpc) is 2.41. The zero-order chi connectivity index (χ0) is 15.5. The van der Waals surface area contributed by atoms with E-state index < -0.39 is 0 Å². The Labute approximate surface area is 131 Å². The number of hydrogen-bond donors (Lipinski definition) is 1. The Hall–Kier alpha value is -1.32. The van der Waals surface area contributed by atoms with Crippen molar-refractivity contribution in [1.29, 1.82) is 0 Å². The van der Waals surface area contributed by atoms with Gasteiger partial charge in [0.2, 0.25) is 0 Å². The maximum atomic E-state index is 13.7. The monoisotopic (exact) mass is 303 g/mol. The molecule has 0 fully saturated rings. The molecule has 0 aliphatic rings. The molecule has 2 rings (SSSR count). The van der Waals surface area contributed by atoms with Gasteiger partial charge in [-0.3, -0.25) is 0 Å². The molecule has 3 heteroatoms. The molecule has 2 aromatic carbocycles. The first-order valence-corrected chi connectivity index (χ1v) is 7.94. The van der Waals surface area contributed by atoms with Gasteiger partial charge in [-0.25, -0.2) is 4.39 Å². The second-order valence-corrected chi connectivity index (χ2v) is 7.32. The molecule has 0 amide bonds. The Bertz CT molecular complexity index is 617. The Morgan fingerprint density at radius 3 is 2.38 bits per heavy atom. The summed E-state index contributed by atoms with van der Waals surface area (Å²) < 4.78 is 13.7. The lowest BCUT2D eigenvalue weighted by molar-refractivity contribution is 0.424. The number of benzene rings is 2. The molecule has 0 atom stereocenters. The molecule has 1 N–H and O–H groups in total. The zero-order valence-corrected chi connectivity index (χ0v) is 13.9. The molecule has 0 heterocycles. The van der Waals surface area contributed by atoms with E-state index in [1.54, 1.807) is 6.07 Å². The second kappa shape index (κ2) is 6.63. The quantitative estimate of drug-likeness (QED) is 0.836. The lowest BCUT2D eigenvalue weighted by atomic mass is 10.1. The van der Waals surface area contributed by atoms with E-state index in [2.05, 4.69) is 51.2 Å². The number of halogens is 1. The molecule has 0 aliphatic heterocycles. The zero-order valence-electron chi connectivity index (χ0n) is 13.0. The number of hydrogen-bond acceptors (Lipinski definition) is 2. The molecule has 0 bridgehead atoms. The van der Waals surface area contributed by atoms with Crippen LogP contribution in [-0.2, 0) is 6.54 Å². The van der Waals surface area contributed by atoms with E-state index in [1.807, 2.05) is 12.1 Å². The molecule has 2 aromatic rings. The van der Waals surface area contributed by atoms with Crippen LogP contribution in [0.1, 0.15) is 31.9 Å². The van der Waals surface area contributed by atoms with Crippen LogP contribution in [0.25, 0.3) is 0 Å². The summed E-state index contributed by atoms with van der Waals surface area (Å²) in [5, 5.41) is 3.48. The molecule has 0 radical (unpaired) electrons. The van der Waals surface area contributed by atoms with Gasteiger partial charge in [0.25, 0.3) is 0 Å². The van der Waals surface area contributed by atoms with Crippen LogP contribution >= 0.6 is 11.8 Å². The van der Waals surface area contributed by atoms with Gasteiger partial charge in [0.1, 0.15) is 5.82 Å². The highest BCUT2D eigenvalue weighted by Crippen LogP contribution is 2.32. The van der Waals surface area contributed by atoms with Crippen LogP contribution in [0.5, 0.6) is 0 Å². The standard InChI is InChI=1S/C18H22FNS/c1-13-11-14(12-20-18(2,3)4)9-10-16(13)21-17-8-6-5-7-15(17)19/h5-11,20H,12H2,1-4H3. The summed E-state index contributed by atoms with van der Waals surface area (Å²) in [6.07, 6.45) is 0. The fraction of sp³-hybridized carbons (Fsp3) is 0.333. The predicted molar refractivity (Wildman–Crippen MR) is 88.3 cm³/mol. The third kappa shape index (κ3) is 4.87. The summed E-state index contributed by atoms with van der Waals surface area (Å²) in [6.45, 7) is 9.38. The number of aryl methyl sites for hydroxylation is 1. The van der Waals surface area contributed by atoms with Crippen LogP contribution in [0.4, 0.5) is 4.39 Å². The van der Waals surface area contributed by atoms with Gasteiger partial charge in [-0.1, -0.05) is 36.0 Å². The first kappa shape index (κ1) is 16.1. The minimum atomic E-state index is -0.166. The largest absolute Gasteiger partial charge is 0.308 e. The third-order valence-electron chi connectivity index (χ3n) is 3.12. The Kier molecular flexibility index (Phi) is 5.07. The second-order valence-electron chi connectivity index (χ2n) is 6.24. The minimum absolute atomic E-state index is 0.106. The SMILES string of the molecule is Cc1cc(CNC(C)(C)C)ccc1Sc1ccccc1F. The van der Waals surface area contributed by atoms with E-state index in [-0.39, 0.29) is 11.4 Å². The van der Waals surface area contributed by atoms with Gasteiger partial charge < -0.3 is 5.32 Å². The Morgan fingerprint density at radius 2 is 1.76 bits per heavy atom. The summed E-state index contributed by atoms with van der Waals surface area (Å²) >= 11 is 1.48. The van der Waals surface area contributed by atoms with Gasteiger partial charge in [-0.15, -0.1) is 0 Å². The fourth-order valence-corrected chi connectivity index (χ4v) is 2.85. The van der Waals surface area contributed by atoms with Crippen LogP contribution in [0, 0.1) is 12.7 Å². The molecule has 112 valence electrons. The molecule has 0 aliphatic carbocycles. The normalized spacial score (nSPS) is 11.7. The maximum Gasteiger partial charge on any atom is 0.137 e. The minimum Gasteiger partial charge on any atom is -0.308 e. The molecule has 0 saturated heterocycles. The van der Waals surface area contributed by atoms with Crippen LogP contribution < -0.4 is 5.32 Å². The molecule has 0 aromatic heterocycles. The highest BCUT2D eigenvalue weighted by molar-refractivity contribution is 7.99. The van der Waals surface area contributed by atoms with Crippen molar-refractivity contribution >= 4 is 11.8 Å². The molecular weight excluding hydrogens is 281 g/mol.